The van der Waals surface area contributed by atoms with Crippen LogP contribution in [0.3, 0.4) is 0 Å². The van der Waals surface area contributed by atoms with Crippen molar-refractivity contribution in [2.75, 3.05) is 6.26 Å². The predicted octanol–water partition coefficient (Wildman–Crippen LogP) is 3.59. The molecule has 0 saturated carbocycles. The van der Waals surface area contributed by atoms with E-state index in [0.29, 0.717) is 0 Å². The molecule has 1 heterocycles. The summed E-state index contributed by atoms with van der Waals surface area (Å²) >= 11 is 8.23. The molecule has 2 nitrogen and oxygen atoms in total. The van der Waals surface area contributed by atoms with E-state index in [-0.39, 0.29) is 0 Å². The van der Waals surface area contributed by atoms with Crippen LogP contribution in [-0.4, -0.2) is 16.5 Å². The molecule has 0 fully saturated rings. The Morgan fingerprint density at radius 1 is 1.43 bits per heavy atom. The van der Waals surface area contributed by atoms with Crippen molar-refractivity contribution in [1.82, 2.24) is 10.2 Å². The zero-order chi connectivity index (χ0) is 9.97. The van der Waals surface area contributed by atoms with Gasteiger partial charge in [-0.1, -0.05) is 29.5 Å². The molecule has 2 aromatic rings. The molecule has 5 heteroatoms. The van der Waals surface area contributed by atoms with Crippen LogP contribution in [0.5, 0.6) is 0 Å². The summed E-state index contributed by atoms with van der Waals surface area (Å²) in [5, 5.41) is 7.92. The second kappa shape index (κ2) is 4.25. The fourth-order valence-electron chi connectivity index (χ4n) is 1.17. The van der Waals surface area contributed by atoms with Gasteiger partial charge in [-0.15, -0.1) is 11.8 Å². The first-order valence-corrected chi connectivity index (χ1v) is 6.45. The smallest absolute Gasteiger partial charge is 0.176 e. The summed E-state index contributed by atoms with van der Waals surface area (Å²) in [5.74, 6) is 0. The highest BCUT2D eigenvalue weighted by atomic mass is 32.2. The molecule has 0 spiro atoms. The van der Waals surface area contributed by atoms with E-state index in [1.165, 1.54) is 16.2 Å². The number of thioether (sulfide) groups is 1. The summed E-state index contributed by atoms with van der Waals surface area (Å²) in [6.45, 7) is 0. The second-order valence-electron chi connectivity index (χ2n) is 2.62. The molecule has 72 valence electrons. The van der Waals surface area contributed by atoms with Crippen molar-refractivity contribution in [1.29, 1.82) is 0 Å². The molecule has 0 amide bonds. The zero-order valence-electron chi connectivity index (χ0n) is 7.48. The lowest BCUT2D eigenvalue weighted by Crippen LogP contribution is -1.80. The fraction of sp³-hybridized carbons (Fsp3) is 0.111. The van der Waals surface area contributed by atoms with E-state index in [4.69, 9.17) is 12.2 Å². The third-order valence-electron chi connectivity index (χ3n) is 1.78. The third-order valence-corrected chi connectivity index (χ3v) is 3.69. The van der Waals surface area contributed by atoms with Crippen molar-refractivity contribution in [3.8, 4) is 10.6 Å². The van der Waals surface area contributed by atoms with Gasteiger partial charge in [-0.2, -0.15) is 5.10 Å². The van der Waals surface area contributed by atoms with Gasteiger partial charge in [0.05, 0.1) is 0 Å². The van der Waals surface area contributed by atoms with Crippen molar-refractivity contribution in [2.45, 2.75) is 4.90 Å². The standard InChI is InChI=1S/C9H8N2S3/c1-13-7-5-3-2-4-6(7)8-10-11-9(12)14-8/h2-5H,1H3,(H,11,12). The maximum absolute atomic E-state index is 5.01. The molecule has 0 aliphatic carbocycles. The Hall–Kier alpha value is -0.650. The largest absolute Gasteiger partial charge is 0.258 e. The van der Waals surface area contributed by atoms with Crippen LogP contribution < -0.4 is 0 Å². The van der Waals surface area contributed by atoms with Crippen molar-refractivity contribution >= 4 is 35.3 Å². The Morgan fingerprint density at radius 3 is 2.86 bits per heavy atom. The van der Waals surface area contributed by atoms with Crippen LogP contribution >= 0.6 is 35.3 Å². The first-order valence-electron chi connectivity index (χ1n) is 4.00. The highest BCUT2D eigenvalue weighted by Crippen LogP contribution is 2.30. The molecule has 0 atom stereocenters. The number of nitrogens with one attached hydrogen (secondary N) is 1. The summed E-state index contributed by atoms with van der Waals surface area (Å²) in [6, 6.07) is 8.19. The fourth-order valence-corrected chi connectivity index (χ4v) is 2.76. The van der Waals surface area contributed by atoms with Crippen LogP contribution in [0, 0.1) is 3.95 Å². The Morgan fingerprint density at radius 2 is 2.21 bits per heavy atom. The molecular formula is C9H8N2S3. The Labute approximate surface area is 95.4 Å². The predicted molar refractivity (Wildman–Crippen MR) is 64.5 cm³/mol. The van der Waals surface area contributed by atoms with Crippen LogP contribution in [0.4, 0.5) is 0 Å². The van der Waals surface area contributed by atoms with Crippen molar-refractivity contribution in [3.05, 3.63) is 28.2 Å². The SMILES string of the molecule is CSc1ccccc1-c1n[nH]c(=S)s1. The Bertz CT molecular complexity index is 487. The van der Waals surface area contributed by atoms with E-state index >= 15 is 0 Å². The first kappa shape index (κ1) is 9.89. The summed E-state index contributed by atoms with van der Waals surface area (Å²) in [7, 11) is 0. The van der Waals surface area contributed by atoms with E-state index in [1.807, 2.05) is 12.1 Å². The number of aromatic nitrogens is 2. The van der Waals surface area contributed by atoms with Gasteiger partial charge in [0.15, 0.2) is 3.95 Å². The number of H-pyrrole nitrogens is 1. The zero-order valence-corrected chi connectivity index (χ0v) is 9.93. The van der Waals surface area contributed by atoms with Crippen LogP contribution in [0.2, 0.25) is 0 Å². The molecule has 1 aromatic carbocycles. The lowest BCUT2D eigenvalue weighted by atomic mass is 10.2. The van der Waals surface area contributed by atoms with Gasteiger partial charge in [-0.25, -0.2) is 0 Å². The summed E-state index contributed by atoms with van der Waals surface area (Å²) in [4.78, 5) is 1.23. The van der Waals surface area contributed by atoms with Crippen molar-refractivity contribution in [3.63, 3.8) is 0 Å². The van der Waals surface area contributed by atoms with Crippen LogP contribution in [0.15, 0.2) is 29.2 Å². The molecule has 1 N–H and O–H groups in total. The van der Waals surface area contributed by atoms with E-state index in [0.717, 1.165) is 14.5 Å². The van der Waals surface area contributed by atoms with Crippen LogP contribution in [0.1, 0.15) is 0 Å². The average molecular weight is 240 g/mol. The number of aromatic amines is 1. The highest BCUT2D eigenvalue weighted by Gasteiger charge is 2.06. The average Bonchev–Trinajstić information content (AvgIpc) is 2.65. The molecular weight excluding hydrogens is 232 g/mol. The topological polar surface area (TPSA) is 28.7 Å². The Kier molecular flexibility index (Phi) is 3.00. The molecule has 0 aliphatic rings. The van der Waals surface area contributed by atoms with Gasteiger partial charge >= 0.3 is 0 Å². The molecule has 0 radical (unpaired) electrons. The lowest BCUT2D eigenvalue weighted by Gasteiger charge is -2.01. The number of benzene rings is 1. The van der Waals surface area contributed by atoms with Crippen LogP contribution in [-0.2, 0) is 0 Å². The van der Waals surface area contributed by atoms with Gasteiger partial charge in [-0.05, 0) is 24.5 Å². The number of hydrogen-bond acceptors (Lipinski definition) is 4. The maximum atomic E-state index is 5.01. The van der Waals surface area contributed by atoms with Crippen LogP contribution in [0.25, 0.3) is 10.6 Å². The van der Waals surface area contributed by atoms with E-state index in [9.17, 15) is 0 Å². The van der Waals surface area contributed by atoms with Gasteiger partial charge in [0.25, 0.3) is 0 Å². The Balaban J connectivity index is 2.55. The molecule has 0 saturated heterocycles. The van der Waals surface area contributed by atoms with E-state index in [1.54, 1.807) is 11.8 Å². The first-order chi connectivity index (χ1) is 6.81. The second-order valence-corrected chi connectivity index (χ2v) is 5.13. The number of rotatable bonds is 2. The van der Waals surface area contributed by atoms with Gasteiger partial charge in [0.2, 0.25) is 0 Å². The summed E-state index contributed by atoms with van der Waals surface area (Å²) in [6.07, 6.45) is 2.06. The lowest BCUT2D eigenvalue weighted by molar-refractivity contribution is 1.08. The summed E-state index contributed by atoms with van der Waals surface area (Å²) < 4.78 is 0.718. The quantitative estimate of drug-likeness (QED) is 0.642. The third kappa shape index (κ3) is 1.89. The van der Waals surface area contributed by atoms with Crippen molar-refractivity contribution in [2.24, 2.45) is 0 Å². The highest BCUT2D eigenvalue weighted by molar-refractivity contribution is 7.98. The maximum Gasteiger partial charge on any atom is 0.176 e. The van der Waals surface area contributed by atoms with Gasteiger partial charge < -0.3 is 0 Å². The minimum atomic E-state index is 0.718. The number of nitrogens with zero attached hydrogens (tertiary/aromatic N) is 1. The van der Waals surface area contributed by atoms with Crippen molar-refractivity contribution < 1.29 is 0 Å². The van der Waals surface area contributed by atoms with E-state index < -0.39 is 0 Å². The van der Waals surface area contributed by atoms with Gasteiger partial charge in [-0.3, -0.25) is 5.10 Å². The molecule has 0 aliphatic heterocycles. The molecule has 1 aromatic heterocycles. The van der Waals surface area contributed by atoms with Gasteiger partial charge in [0.1, 0.15) is 5.01 Å². The molecule has 0 unspecified atom stereocenters. The monoisotopic (exact) mass is 240 g/mol. The molecule has 14 heavy (non-hydrogen) atoms. The van der Waals surface area contributed by atoms with Gasteiger partial charge in [0, 0.05) is 10.5 Å². The molecule has 2 rings (SSSR count). The minimum absolute atomic E-state index is 0.718. The normalized spacial score (nSPS) is 10.4. The summed E-state index contributed by atoms with van der Waals surface area (Å²) in [5.41, 5.74) is 1.15. The number of hydrogen-bond donors (Lipinski definition) is 1. The van der Waals surface area contributed by atoms with E-state index in [2.05, 4.69) is 28.6 Å². The molecule has 0 bridgehead atoms. The minimum Gasteiger partial charge on any atom is -0.258 e.